The fourth-order valence-corrected chi connectivity index (χ4v) is 2.55. The first-order chi connectivity index (χ1) is 9.16. The van der Waals surface area contributed by atoms with E-state index in [1.54, 1.807) is 23.1 Å². The lowest BCUT2D eigenvalue weighted by Crippen LogP contribution is -2.30. The number of hydrogen-bond acceptors (Lipinski definition) is 3. The molecular formula is C14H15N3O2. The molecule has 3 rings (SSSR count). The van der Waals surface area contributed by atoms with Crippen molar-refractivity contribution < 1.29 is 4.79 Å². The van der Waals surface area contributed by atoms with Crippen molar-refractivity contribution in [3.63, 3.8) is 0 Å². The summed E-state index contributed by atoms with van der Waals surface area (Å²) < 4.78 is 0. The highest BCUT2D eigenvalue weighted by molar-refractivity contribution is 6.04. The molecule has 5 heteroatoms. The molecular weight excluding hydrogens is 242 g/mol. The molecule has 1 aromatic carbocycles. The van der Waals surface area contributed by atoms with Gasteiger partial charge < -0.3 is 4.90 Å². The molecule has 1 N–H and O–H groups in total. The van der Waals surface area contributed by atoms with Gasteiger partial charge in [-0.2, -0.15) is 5.10 Å². The molecule has 1 unspecified atom stereocenters. The minimum atomic E-state index is -0.262. The molecule has 98 valence electrons. The van der Waals surface area contributed by atoms with E-state index in [1.165, 1.54) is 0 Å². The number of aromatic amines is 1. The molecule has 19 heavy (non-hydrogen) atoms. The molecule has 1 aliphatic rings. The number of likely N-dealkylation sites (tertiary alicyclic amines) is 1. The first kappa shape index (κ1) is 11.9. The maximum atomic E-state index is 12.5. The van der Waals surface area contributed by atoms with E-state index in [9.17, 15) is 9.59 Å². The van der Waals surface area contributed by atoms with Crippen molar-refractivity contribution in [2.75, 3.05) is 13.1 Å². The maximum absolute atomic E-state index is 12.5. The number of fused-ring (bicyclic) bond motifs is 1. The molecule has 1 atom stereocenters. The zero-order valence-corrected chi connectivity index (χ0v) is 10.7. The zero-order valence-electron chi connectivity index (χ0n) is 10.7. The second-order valence-electron chi connectivity index (χ2n) is 5.09. The largest absolute Gasteiger partial charge is 0.337 e. The summed E-state index contributed by atoms with van der Waals surface area (Å²) in [5.74, 6) is 0.426. The van der Waals surface area contributed by atoms with E-state index in [0.717, 1.165) is 19.5 Å². The van der Waals surface area contributed by atoms with Gasteiger partial charge in [-0.05, 0) is 18.4 Å². The van der Waals surface area contributed by atoms with E-state index in [2.05, 4.69) is 17.1 Å². The standard InChI is InChI=1S/C14H15N3O2/c1-9-6-7-17(8-9)14(19)12-10-4-2-3-5-11(10)13(18)16-15-12/h2-5,9H,6-8H2,1H3,(H,16,18). The topological polar surface area (TPSA) is 66.1 Å². The van der Waals surface area contributed by atoms with Crippen LogP contribution in [0.1, 0.15) is 23.8 Å². The smallest absolute Gasteiger partial charge is 0.274 e. The zero-order chi connectivity index (χ0) is 13.4. The molecule has 2 aromatic rings. The van der Waals surface area contributed by atoms with E-state index < -0.39 is 0 Å². The Morgan fingerprint density at radius 2 is 2.11 bits per heavy atom. The Kier molecular flexibility index (Phi) is 2.81. The molecule has 0 radical (unpaired) electrons. The van der Waals surface area contributed by atoms with E-state index in [-0.39, 0.29) is 11.5 Å². The first-order valence-electron chi connectivity index (χ1n) is 6.43. The molecule has 1 aromatic heterocycles. The number of rotatable bonds is 1. The van der Waals surface area contributed by atoms with Crippen molar-refractivity contribution in [3.8, 4) is 0 Å². The van der Waals surface area contributed by atoms with Crippen molar-refractivity contribution in [2.24, 2.45) is 5.92 Å². The van der Waals surface area contributed by atoms with Crippen LogP contribution in [0.15, 0.2) is 29.1 Å². The van der Waals surface area contributed by atoms with Crippen LogP contribution in [0.2, 0.25) is 0 Å². The number of aromatic nitrogens is 2. The van der Waals surface area contributed by atoms with Crippen LogP contribution >= 0.6 is 0 Å². The summed E-state index contributed by atoms with van der Waals surface area (Å²) in [7, 11) is 0. The number of nitrogens with one attached hydrogen (secondary N) is 1. The molecule has 1 fully saturated rings. The van der Waals surface area contributed by atoms with E-state index in [0.29, 0.717) is 22.4 Å². The molecule has 0 saturated carbocycles. The number of carbonyl (C=O) groups is 1. The van der Waals surface area contributed by atoms with E-state index in [4.69, 9.17) is 0 Å². The second kappa shape index (κ2) is 4.50. The summed E-state index contributed by atoms with van der Waals surface area (Å²) in [6.07, 6.45) is 1.02. The van der Waals surface area contributed by atoms with Crippen LogP contribution in [0.5, 0.6) is 0 Å². The lowest BCUT2D eigenvalue weighted by molar-refractivity contribution is 0.0783. The van der Waals surface area contributed by atoms with Gasteiger partial charge in [0.2, 0.25) is 0 Å². The first-order valence-corrected chi connectivity index (χ1v) is 6.43. The molecule has 0 spiro atoms. The van der Waals surface area contributed by atoms with Crippen LogP contribution in [-0.4, -0.2) is 34.1 Å². The number of H-pyrrole nitrogens is 1. The van der Waals surface area contributed by atoms with Crippen molar-refractivity contribution in [3.05, 3.63) is 40.3 Å². The summed E-state index contributed by atoms with van der Waals surface area (Å²) in [5, 5.41) is 7.48. The van der Waals surface area contributed by atoms with Crippen LogP contribution in [0, 0.1) is 5.92 Å². The third kappa shape index (κ3) is 2.01. The number of carbonyl (C=O) groups excluding carboxylic acids is 1. The SMILES string of the molecule is CC1CCN(C(=O)c2n[nH]c(=O)c3ccccc23)C1. The van der Waals surface area contributed by atoms with Gasteiger partial charge in [0, 0.05) is 18.5 Å². The van der Waals surface area contributed by atoms with Gasteiger partial charge in [-0.1, -0.05) is 25.1 Å². The number of amides is 1. The monoisotopic (exact) mass is 257 g/mol. The summed E-state index contributed by atoms with van der Waals surface area (Å²) >= 11 is 0. The van der Waals surface area contributed by atoms with Gasteiger partial charge in [-0.25, -0.2) is 5.10 Å². The number of hydrogen-bond donors (Lipinski definition) is 1. The lowest BCUT2D eigenvalue weighted by Gasteiger charge is -2.15. The Balaban J connectivity index is 2.08. The highest BCUT2D eigenvalue weighted by Gasteiger charge is 2.26. The van der Waals surface area contributed by atoms with Gasteiger partial charge in [-0.3, -0.25) is 9.59 Å². The number of benzene rings is 1. The van der Waals surface area contributed by atoms with Crippen LogP contribution in [0.4, 0.5) is 0 Å². The van der Waals surface area contributed by atoms with Crippen molar-refractivity contribution in [1.29, 1.82) is 0 Å². The van der Waals surface area contributed by atoms with Gasteiger partial charge in [0.25, 0.3) is 11.5 Å². The highest BCUT2D eigenvalue weighted by Crippen LogP contribution is 2.20. The fourth-order valence-electron chi connectivity index (χ4n) is 2.55. The predicted octanol–water partition coefficient (Wildman–Crippen LogP) is 1.41. The third-order valence-corrected chi connectivity index (χ3v) is 3.61. The number of nitrogens with zero attached hydrogens (tertiary/aromatic N) is 2. The normalized spacial score (nSPS) is 19.0. The minimum Gasteiger partial charge on any atom is -0.337 e. The van der Waals surface area contributed by atoms with E-state index >= 15 is 0 Å². The Hall–Kier alpha value is -2.17. The van der Waals surface area contributed by atoms with Crippen LogP contribution < -0.4 is 5.56 Å². The fraction of sp³-hybridized carbons (Fsp3) is 0.357. The van der Waals surface area contributed by atoms with Gasteiger partial charge in [-0.15, -0.1) is 0 Å². The minimum absolute atomic E-state index is 0.100. The molecule has 2 heterocycles. The predicted molar refractivity (Wildman–Crippen MR) is 72.0 cm³/mol. The molecule has 0 bridgehead atoms. The average molecular weight is 257 g/mol. The Bertz CT molecular complexity index is 692. The van der Waals surface area contributed by atoms with Crippen LogP contribution in [0.25, 0.3) is 10.8 Å². The Morgan fingerprint density at radius 3 is 2.79 bits per heavy atom. The van der Waals surface area contributed by atoms with Crippen molar-refractivity contribution in [1.82, 2.24) is 15.1 Å². The molecule has 5 nitrogen and oxygen atoms in total. The van der Waals surface area contributed by atoms with Gasteiger partial charge >= 0.3 is 0 Å². The molecule has 0 aliphatic carbocycles. The lowest BCUT2D eigenvalue weighted by atomic mass is 10.1. The van der Waals surface area contributed by atoms with Crippen LogP contribution in [-0.2, 0) is 0 Å². The summed E-state index contributed by atoms with van der Waals surface area (Å²) in [5.41, 5.74) is 0.0752. The highest BCUT2D eigenvalue weighted by atomic mass is 16.2. The average Bonchev–Trinajstić information content (AvgIpc) is 2.86. The summed E-state index contributed by atoms with van der Waals surface area (Å²) in [6, 6.07) is 7.07. The summed E-state index contributed by atoms with van der Waals surface area (Å²) in [4.78, 5) is 25.9. The quantitative estimate of drug-likeness (QED) is 0.840. The van der Waals surface area contributed by atoms with Gasteiger partial charge in [0.1, 0.15) is 0 Å². The van der Waals surface area contributed by atoms with Crippen molar-refractivity contribution >= 4 is 16.7 Å². The Morgan fingerprint density at radius 1 is 1.37 bits per heavy atom. The third-order valence-electron chi connectivity index (χ3n) is 3.61. The van der Waals surface area contributed by atoms with Crippen LogP contribution in [0.3, 0.4) is 0 Å². The van der Waals surface area contributed by atoms with Crippen molar-refractivity contribution in [2.45, 2.75) is 13.3 Å². The maximum Gasteiger partial charge on any atom is 0.274 e. The Labute approximate surface area is 110 Å². The molecule has 1 amide bonds. The van der Waals surface area contributed by atoms with Gasteiger partial charge in [0.05, 0.1) is 5.39 Å². The molecule has 1 aliphatic heterocycles. The van der Waals surface area contributed by atoms with Gasteiger partial charge in [0.15, 0.2) is 5.69 Å². The van der Waals surface area contributed by atoms with E-state index in [1.807, 2.05) is 6.07 Å². The molecule has 1 saturated heterocycles. The second-order valence-corrected chi connectivity index (χ2v) is 5.09. The summed E-state index contributed by atoms with van der Waals surface area (Å²) in [6.45, 7) is 3.65.